The van der Waals surface area contributed by atoms with Gasteiger partial charge in [-0.05, 0) is 37.2 Å². The zero-order valence-corrected chi connectivity index (χ0v) is 15.0. The average molecular weight is 364 g/mol. The van der Waals surface area contributed by atoms with Gasteiger partial charge in [0, 0.05) is 25.0 Å². The second-order valence-corrected chi connectivity index (χ2v) is 7.09. The van der Waals surface area contributed by atoms with Gasteiger partial charge in [-0.1, -0.05) is 13.8 Å². The van der Waals surface area contributed by atoms with Gasteiger partial charge in [-0.3, -0.25) is 9.59 Å². The zero-order valence-electron chi connectivity index (χ0n) is 14.2. The first-order chi connectivity index (χ1) is 11.8. The predicted octanol–water partition coefficient (Wildman–Crippen LogP) is 2.74. The van der Waals surface area contributed by atoms with Gasteiger partial charge < -0.3 is 20.2 Å². The van der Waals surface area contributed by atoms with Crippen molar-refractivity contribution in [1.82, 2.24) is 20.2 Å². The van der Waals surface area contributed by atoms with Gasteiger partial charge in [-0.2, -0.15) is 0 Å². The van der Waals surface area contributed by atoms with Gasteiger partial charge in [-0.15, -0.1) is 0 Å². The van der Waals surface area contributed by atoms with Crippen LogP contribution in [0.5, 0.6) is 0 Å². The van der Waals surface area contributed by atoms with Crippen LogP contribution in [0.2, 0.25) is 0 Å². The maximum Gasteiger partial charge on any atom is 0.253 e. The zero-order chi connectivity index (χ0) is 18.1. The number of imidazole rings is 1. The summed E-state index contributed by atoms with van der Waals surface area (Å²) in [6.45, 7) is 5.00. The molecule has 1 fully saturated rings. The lowest BCUT2D eigenvalue weighted by atomic mass is 10.0. The molecule has 0 unspecified atom stereocenters. The van der Waals surface area contributed by atoms with Gasteiger partial charge >= 0.3 is 0 Å². The molecule has 1 aliphatic heterocycles. The molecule has 0 spiro atoms. The molecule has 1 aromatic carbocycles. The van der Waals surface area contributed by atoms with E-state index in [9.17, 15) is 14.0 Å². The summed E-state index contributed by atoms with van der Waals surface area (Å²) < 4.78 is 14.1. The van der Waals surface area contributed by atoms with Crippen LogP contribution in [-0.4, -0.2) is 45.8 Å². The number of hydrogen-bond acceptors (Lipinski definition) is 3. The van der Waals surface area contributed by atoms with E-state index in [-0.39, 0.29) is 29.3 Å². The molecule has 1 saturated heterocycles. The fourth-order valence-corrected chi connectivity index (χ4v) is 3.37. The minimum atomic E-state index is -0.500. The maximum atomic E-state index is 13.8. The van der Waals surface area contributed by atoms with Crippen LogP contribution in [0.25, 0.3) is 11.0 Å². The number of fused-ring (bicyclic) bond motifs is 1. The van der Waals surface area contributed by atoms with Crippen molar-refractivity contribution in [3.63, 3.8) is 0 Å². The van der Waals surface area contributed by atoms with E-state index in [0.29, 0.717) is 41.7 Å². The number of carbonyl (C=O) groups excluding carboxylic acids is 2. The molecule has 1 aromatic heterocycles. The summed E-state index contributed by atoms with van der Waals surface area (Å²) in [6.07, 6.45) is 1.37. The number of piperidine rings is 1. The Kier molecular flexibility index (Phi) is 4.89. The van der Waals surface area contributed by atoms with E-state index in [1.165, 1.54) is 12.1 Å². The van der Waals surface area contributed by atoms with Crippen LogP contribution in [0, 0.1) is 16.5 Å². The number of halogens is 1. The fraction of sp³-hybridized carbons (Fsp3) is 0.471. The number of likely N-dealkylation sites (tertiary alicyclic amines) is 1. The lowest BCUT2D eigenvalue weighted by molar-refractivity contribution is -0.135. The van der Waals surface area contributed by atoms with Crippen molar-refractivity contribution in [3.05, 3.63) is 28.3 Å². The molecular formula is C17H21FN4O2S. The number of nitrogens with one attached hydrogen (secondary N) is 3. The Morgan fingerprint density at radius 1 is 1.28 bits per heavy atom. The molecule has 0 bridgehead atoms. The molecule has 0 atom stereocenters. The van der Waals surface area contributed by atoms with Crippen molar-refractivity contribution in [2.45, 2.75) is 32.7 Å². The van der Waals surface area contributed by atoms with Crippen LogP contribution in [0.1, 0.15) is 37.0 Å². The normalized spacial score (nSPS) is 15.8. The Labute approximate surface area is 149 Å². The first-order valence-electron chi connectivity index (χ1n) is 8.36. The highest BCUT2D eigenvalue weighted by molar-refractivity contribution is 7.71. The molecule has 8 heteroatoms. The molecule has 134 valence electrons. The predicted molar refractivity (Wildman–Crippen MR) is 95.3 cm³/mol. The van der Waals surface area contributed by atoms with E-state index in [1.54, 1.807) is 0 Å². The molecule has 25 heavy (non-hydrogen) atoms. The minimum absolute atomic E-state index is 0.0246. The topological polar surface area (TPSA) is 81.0 Å². The summed E-state index contributed by atoms with van der Waals surface area (Å²) in [6, 6.07) is 2.46. The Balaban J connectivity index is 1.70. The number of carbonyl (C=O) groups is 2. The van der Waals surface area contributed by atoms with Gasteiger partial charge in [0.1, 0.15) is 5.82 Å². The van der Waals surface area contributed by atoms with Crippen LogP contribution in [0.3, 0.4) is 0 Å². The average Bonchev–Trinajstić information content (AvgIpc) is 2.93. The van der Waals surface area contributed by atoms with E-state index in [2.05, 4.69) is 15.3 Å². The number of aromatic amines is 2. The Morgan fingerprint density at radius 3 is 2.60 bits per heavy atom. The summed E-state index contributed by atoms with van der Waals surface area (Å²) >= 11 is 5.02. The molecule has 2 aromatic rings. The number of benzene rings is 1. The van der Waals surface area contributed by atoms with Crippen molar-refractivity contribution in [2.75, 3.05) is 13.1 Å². The van der Waals surface area contributed by atoms with Crippen LogP contribution in [0.4, 0.5) is 4.39 Å². The van der Waals surface area contributed by atoms with Gasteiger partial charge in [0.05, 0.1) is 16.6 Å². The largest absolute Gasteiger partial charge is 0.349 e. The van der Waals surface area contributed by atoms with Gasteiger partial charge in [0.25, 0.3) is 5.91 Å². The third-order valence-electron chi connectivity index (χ3n) is 4.47. The molecule has 2 amide bonds. The van der Waals surface area contributed by atoms with E-state index in [1.807, 2.05) is 18.7 Å². The summed E-state index contributed by atoms with van der Waals surface area (Å²) in [4.78, 5) is 32.1. The SMILES string of the molecule is CC(C)C(=O)N1CCC(NC(=O)c2cc(F)cc3[nH]c(=S)[nH]c23)CC1. The molecule has 6 nitrogen and oxygen atoms in total. The highest BCUT2D eigenvalue weighted by Crippen LogP contribution is 2.19. The molecule has 1 aliphatic rings. The summed E-state index contributed by atoms with van der Waals surface area (Å²) in [7, 11) is 0. The van der Waals surface area contributed by atoms with Gasteiger partial charge in [0.15, 0.2) is 4.77 Å². The van der Waals surface area contributed by atoms with Crippen molar-refractivity contribution in [2.24, 2.45) is 5.92 Å². The van der Waals surface area contributed by atoms with Crippen molar-refractivity contribution in [1.29, 1.82) is 0 Å². The molecule has 0 saturated carbocycles. The first-order valence-corrected chi connectivity index (χ1v) is 8.77. The van der Waals surface area contributed by atoms with Crippen LogP contribution in [0.15, 0.2) is 12.1 Å². The first kappa shape index (κ1) is 17.6. The third-order valence-corrected chi connectivity index (χ3v) is 4.67. The third kappa shape index (κ3) is 3.73. The lowest BCUT2D eigenvalue weighted by Gasteiger charge is -2.33. The van der Waals surface area contributed by atoms with Crippen molar-refractivity contribution in [3.8, 4) is 0 Å². The summed E-state index contributed by atoms with van der Waals surface area (Å²) in [5.41, 5.74) is 1.19. The number of nitrogens with zero attached hydrogens (tertiary/aromatic N) is 1. The molecule has 0 radical (unpaired) electrons. The quantitative estimate of drug-likeness (QED) is 0.733. The lowest BCUT2D eigenvalue weighted by Crippen LogP contribution is -2.47. The van der Waals surface area contributed by atoms with Gasteiger partial charge in [-0.25, -0.2) is 4.39 Å². The molecule has 3 N–H and O–H groups in total. The second kappa shape index (κ2) is 6.95. The number of aromatic nitrogens is 2. The Hall–Kier alpha value is -2.22. The Bertz CT molecular complexity index is 865. The maximum absolute atomic E-state index is 13.8. The van der Waals surface area contributed by atoms with E-state index in [0.717, 1.165) is 0 Å². The van der Waals surface area contributed by atoms with Crippen molar-refractivity contribution >= 4 is 35.1 Å². The molecular weight excluding hydrogens is 343 g/mol. The number of H-pyrrole nitrogens is 2. The van der Waals surface area contributed by atoms with E-state index < -0.39 is 5.82 Å². The standard InChI is InChI=1S/C17H21FN4O2S/c1-9(2)16(24)22-5-3-11(4-6-22)19-15(23)12-7-10(18)8-13-14(12)21-17(25)20-13/h7-9,11H,3-6H2,1-2H3,(H,19,23)(H2,20,21,25). The monoisotopic (exact) mass is 364 g/mol. The van der Waals surface area contributed by atoms with Crippen LogP contribution >= 0.6 is 12.2 Å². The molecule has 0 aliphatic carbocycles. The minimum Gasteiger partial charge on any atom is -0.349 e. The Morgan fingerprint density at radius 2 is 1.96 bits per heavy atom. The molecule has 3 rings (SSSR count). The number of rotatable bonds is 3. The highest BCUT2D eigenvalue weighted by atomic mass is 32.1. The molecule has 2 heterocycles. The van der Waals surface area contributed by atoms with E-state index >= 15 is 0 Å². The fourth-order valence-electron chi connectivity index (χ4n) is 3.16. The van der Waals surface area contributed by atoms with E-state index in [4.69, 9.17) is 12.2 Å². The summed E-state index contributed by atoms with van der Waals surface area (Å²) in [5, 5.41) is 2.94. The van der Waals surface area contributed by atoms with Crippen molar-refractivity contribution < 1.29 is 14.0 Å². The second-order valence-electron chi connectivity index (χ2n) is 6.68. The van der Waals surface area contributed by atoms with Crippen LogP contribution in [-0.2, 0) is 4.79 Å². The highest BCUT2D eigenvalue weighted by Gasteiger charge is 2.26. The number of hydrogen-bond donors (Lipinski definition) is 3. The van der Waals surface area contributed by atoms with Gasteiger partial charge in [0.2, 0.25) is 5.91 Å². The van der Waals surface area contributed by atoms with Crippen LogP contribution < -0.4 is 5.32 Å². The number of amides is 2. The summed E-state index contributed by atoms with van der Waals surface area (Å²) in [5.74, 6) is -0.733. The smallest absolute Gasteiger partial charge is 0.253 e.